The molecule has 0 fully saturated rings. The quantitative estimate of drug-likeness (QED) is 0.793. The van der Waals surface area contributed by atoms with Gasteiger partial charge in [0, 0.05) is 5.92 Å². The summed E-state index contributed by atoms with van der Waals surface area (Å²) in [5.41, 5.74) is 6.39. The van der Waals surface area contributed by atoms with Crippen molar-refractivity contribution < 1.29 is 9.13 Å². The number of hydrogen-bond donors (Lipinski definition) is 1. The van der Waals surface area contributed by atoms with Crippen LogP contribution in [0, 0.1) is 11.7 Å². The number of rotatable bonds is 6. The second-order valence-corrected chi connectivity index (χ2v) is 4.58. The molecule has 0 saturated heterocycles. The van der Waals surface area contributed by atoms with Gasteiger partial charge >= 0.3 is 0 Å². The van der Waals surface area contributed by atoms with Gasteiger partial charge in [-0.3, -0.25) is 0 Å². The summed E-state index contributed by atoms with van der Waals surface area (Å²) in [6.45, 7) is 4.58. The maximum atomic E-state index is 13.2. The predicted molar refractivity (Wildman–Crippen MR) is 71.8 cm³/mol. The maximum absolute atomic E-state index is 13.2. The minimum Gasteiger partial charge on any atom is -0.493 e. The van der Waals surface area contributed by atoms with Crippen molar-refractivity contribution in [3.8, 4) is 5.75 Å². The highest BCUT2D eigenvalue weighted by molar-refractivity contribution is 7.80. The van der Waals surface area contributed by atoms with Crippen molar-refractivity contribution in [2.75, 3.05) is 6.61 Å². The van der Waals surface area contributed by atoms with Gasteiger partial charge in [-0.15, -0.1) is 0 Å². The van der Waals surface area contributed by atoms with E-state index in [9.17, 15) is 4.39 Å². The number of benzene rings is 1. The van der Waals surface area contributed by atoms with E-state index in [0.717, 1.165) is 17.7 Å². The van der Waals surface area contributed by atoms with E-state index >= 15 is 0 Å². The van der Waals surface area contributed by atoms with Crippen molar-refractivity contribution in [3.05, 3.63) is 29.6 Å². The van der Waals surface area contributed by atoms with E-state index in [0.29, 0.717) is 18.0 Å². The zero-order valence-corrected chi connectivity index (χ0v) is 11.0. The van der Waals surface area contributed by atoms with Gasteiger partial charge < -0.3 is 10.5 Å². The molecule has 0 heterocycles. The molecule has 0 saturated carbocycles. The van der Waals surface area contributed by atoms with Gasteiger partial charge in [0.05, 0.1) is 11.6 Å². The Morgan fingerprint density at radius 2 is 2.24 bits per heavy atom. The van der Waals surface area contributed by atoms with Crippen molar-refractivity contribution in [1.82, 2.24) is 0 Å². The van der Waals surface area contributed by atoms with E-state index in [-0.39, 0.29) is 11.7 Å². The molecule has 2 N–H and O–H groups in total. The number of thiocarbonyl (C=S) groups is 1. The predicted octanol–water partition coefficient (Wildman–Crippen LogP) is 3.08. The molecule has 0 aromatic heterocycles. The Bertz CT molecular complexity index is 395. The zero-order chi connectivity index (χ0) is 12.8. The highest BCUT2D eigenvalue weighted by Crippen LogP contribution is 2.23. The summed E-state index contributed by atoms with van der Waals surface area (Å²) in [5, 5.41) is 0. The molecule has 1 aromatic rings. The van der Waals surface area contributed by atoms with Gasteiger partial charge in [0.25, 0.3) is 0 Å². The van der Waals surface area contributed by atoms with Gasteiger partial charge in [0.1, 0.15) is 11.6 Å². The van der Waals surface area contributed by atoms with Gasteiger partial charge in [0.15, 0.2) is 0 Å². The molecule has 0 bridgehead atoms. The minimum atomic E-state index is -0.265. The SMILES string of the molecule is CCCOc1ccc(F)cc1CC(C)C(N)=S. The van der Waals surface area contributed by atoms with Crippen LogP contribution in [0.3, 0.4) is 0 Å². The molecule has 1 unspecified atom stereocenters. The number of hydrogen-bond acceptors (Lipinski definition) is 2. The van der Waals surface area contributed by atoms with Crippen LogP contribution < -0.4 is 10.5 Å². The Labute approximate surface area is 107 Å². The zero-order valence-electron chi connectivity index (χ0n) is 10.2. The molecule has 0 aliphatic rings. The molecule has 0 aliphatic heterocycles. The molecule has 1 atom stereocenters. The van der Waals surface area contributed by atoms with Crippen LogP contribution in [0.1, 0.15) is 25.8 Å². The van der Waals surface area contributed by atoms with Crippen LogP contribution >= 0.6 is 12.2 Å². The van der Waals surface area contributed by atoms with Gasteiger partial charge in [0.2, 0.25) is 0 Å². The third-order valence-electron chi connectivity index (χ3n) is 2.50. The minimum absolute atomic E-state index is 0.0378. The second-order valence-electron chi connectivity index (χ2n) is 4.11. The van der Waals surface area contributed by atoms with Crippen molar-refractivity contribution >= 4 is 17.2 Å². The molecular formula is C13H18FNOS. The molecule has 4 heteroatoms. The smallest absolute Gasteiger partial charge is 0.123 e. The lowest BCUT2D eigenvalue weighted by Crippen LogP contribution is -2.20. The molecule has 0 radical (unpaired) electrons. The topological polar surface area (TPSA) is 35.2 Å². The molecule has 17 heavy (non-hydrogen) atoms. The molecule has 0 aliphatic carbocycles. The van der Waals surface area contributed by atoms with Crippen molar-refractivity contribution in [3.63, 3.8) is 0 Å². The van der Waals surface area contributed by atoms with Crippen LogP contribution in [0.4, 0.5) is 4.39 Å². The third-order valence-corrected chi connectivity index (χ3v) is 2.90. The van der Waals surface area contributed by atoms with Crippen LogP contribution in [0.2, 0.25) is 0 Å². The van der Waals surface area contributed by atoms with Crippen molar-refractivity contribution in [2.24, 2.45) is 11.7 Å². The summed E-state index contributed by atoms with van der Waals surface area (Å²) in [6, 6.07) is 4.55. The Hall–Kier alpha value is -1.16. The van der Waals surface area contributed by atoms with Crippen LogP contribution in [0.15, 0.2) is 18.2 Å². The van der Waals surface area contributed by atoms with Gasteiger partial charge in [-0.25, -0.2) is 4.39 Å². The lowest BCUT2D eigenvalue weighted by Gasteiger charge is -2.14. The van der Waals surface area contributed by atoms with Crippen molar-refractivity contribution in [1.29, 1.82) is 0 Å². The maximum Gasteiger partial charge on any atom is 0.123 e. The van der Waals surface area contributed by atoms with Gasteiger partial charge in [-0.2, -0.15) is 0 Å². The van der Waals surface area contributed by atoms with E-state index in [1.165, 1.54) is 12.1 Å². The second kappa shape index (κ2) is 6.55. The average Bonchev–Trinajstić information content (AvgIpc) is 2.28. The summed E-state index contributed by atoms with van der Waals surface area (Å²) < 4.78 is 18.8. The summed E-state index contributed by atoms with van der Waals surface area (Å²) in [6.07, 6.45) is 1.52. The first kappa shape index (κ1) is 13.9. The van der Waals surface area contributed by atoms with Crippen LogP contribution in [-0.4, -0.2) is 11.6 Å². The van der Waals surface area contributed by atoms with Gasteiger partial charge in [-0.1, -0.05) is 26.1 Å². The largest absolute Gasteiger partial charge is 0.493 e. The molecular weight excluding hydrogens is 237 g/mol. The Morgan fingerprint density at radius 1 is 1.53 bits per heavy atom. The fraction of sp³-hybridized carbons (Fsp3) is 0.462. The normalized spacial score (nSPS) is 12.2. The lowest BCUT2D eigenvalue weighted by atomic mass is 10.0. The van der Waals surface area contributed by atoms with Crippen LogP contribution in [-0.2, 0) is 6.42 Å². The molecule has 0 spiro atoms. The molecule has 0 amide bonds. The molecule has 1 aromatic carbocycles. The highest BCUT2D eigenvalue weighted by Gasteiger charge is 2.11. The van der Waals surface area contributed by atoms with Gasteiger partial charge in [-0.05, 0) is 36.6 Å². The van der Waals surface area contributed by atoms with E-state index in [2.05, 4.69) is 0 Å². The van der Waals surface area contributed by atoms with E-state index in [4.69, 9.17) is 22.7 Å². The summed E-state index contributed by atoms with van der Waals surface area (Å²) in [7, 11) is 0. The number of ether oxygens (including phenoxy) is 1. The van der Waals surface area contributed by atoms with E-state index in [1.54, 1.807) is 6.07 Å². The fourth-order valence-electron chi connectivity index (χ4n) is 1.49. The summed E-state index contributed by atoms with van der Waals surface area (Å²) in [4.78, 5) is 0.440. The number of halogens is 1. The van der Waals surface area contributed by atoms with E-state index in [1.807, 2.05) is 13.8 Å². The Morgan fingerprint density at radius 3 is 2.82 bits per heavy atom. The summed E-state index contributed by atoms with van der Waals surface area (Å²) >= 11 is 4.92. The molecule has 2 nitrogen and oxygen atoms in total. The first-order chi connectivity index (χ1) is 8.04. The Kier molecular flexibility index (Phi) is 5.35. The highest BCUT2D eigenvalue weighted by atomic mass is 32.1. The third kappa shape index (κ3) is 4.30. The first-order valence-electron chi connectivity index (χ1n) is 5.75. The van der Waals surface area contributed by atoms with E-state index < -0.39 is 0 Å². The Balaban J connectivity index is 2.86. The van der Waals surface area contributed by atoms with Crippen molar-refractivity contribution in [2.45, 2.75) is 26.7 Å². The lowest BCUT2D eigenvalue weighted by molar-refractivity contribution is 0.313. The molecule has 1 rings (SSSR count). The first-order valence-corrected chi connectivity index (χ1v) is 6.16. The summed E-state index contributed by atoms with van der Waals surface area (Å²) in [5.74, 6) is 0.492. The fourth-order valence-corrected chi connectivity index (χ4v) is 1.57. The monoisotopic (exact) mass is 255 g/mol. The van der Waals surface area contributed by atoms with Crippen LogP contribution in [0.5, 0.6) is 5.75 Å². The van der Waals surface area contributed by atoms with Crippen LogP contribution in [0.25, 0.3) is 0 Å². The molecule has 94 valence electrons. The number of nitrogens with two attached hydrogens (primary N) is 1. The standard InChI is InChI=1S/C13H18FNOS/c1-3-6-16-12-5-4-11(14)8-10(12)7-9(2)13(15)17/h4-5,8-9H,3,6-7H2,1-2H3,(H2,15,17). The average molecular weight is 255 g/mol.